The van der Waals surface area contributed by atoms with Crippen LogP contribution in [-0.2, 0) is 17.5 Å². The zero-order valence-electron chi connectivity index (χ0n) is 20.4. The van der Waals surface area contributed by atoms with Crippen molar-refractivity contribution in [2.24, 2.45) is 0 Å². The number of nitrogens with zero attached hydrogens (tertiary/aromatic N) is 2. The van der Waals surface area contributed by atoms with Gasteiger partial charge in [0.15, 0.2) is 0 Å². The highest BCUT2D eigenvalue weighted by molar-refractivity contribution is 7.98. The smallest absolute Gasteiger partial charge is 0.419 e. The average molecular weight is 533 g/mol. The van der Waals surface area contributed by atoms with Gasteiger partial charge in [0.1, 0.15) is 11.6 Å². The maximum atomic E-state index is 13.7. The number of methoxy groups -OCH3 is 1. The summed E-state index contributed by atoms with van der Waals surface area (Å²) in [6, 6.07) is 13.8. The van der Waals surface area contributed by atoms with Crippen molar-refractivity contribution < 1.29 is 27.4 Å². The second-order valence-corrected chi connectivity index (χ2v) is 9.14. The summed E-state index contributed by atoms with van der Waals surface area (Å²) in [6.45, 7) is 2.20. The number of thioether (sulfide) groups is 1. The van der Waals surface area contributed by atoms with Crippen LogP contribution in [0.4, 0.5) is 30.4 Å². The van der Waals surface area contributed by atoms with Crippen LogP contribution in [0.5, 0.6) is 5.75 Å². The fourth-order valence-corrected chi connectivity index (χ4v) is 4.37. The van der Waals surface area contributed by atoms with Crippen LogP contribution in [0.15, 0.2) is 59.6 Å². The molecule has 2 N–H and O–H groups in total. The molecular weight excluding hydrogens is 505 g/mol. The summed E-state index contributed by atoms with van der Waals surface area (Å²) in [7, 11) is 1.46. The van der Waals surface area contributed by atoms with Crippen molar-refractivity contribution in [3.8, 4) is 5.75 Å². The van der Waals surface area contributed by atoms with Crippen LogP contribution >= 0.6 is 11.8 Å². The Morgan fingerprint density at radius 3 is 2.62 bits per heavy atom. The van der Waals surface area contributed by atoms with Crippen LogP contribution < -0.4 is 15.4 Å². The third kappa shape index (κ3) is 6.66. The van der Waals surface area contributed by atoms with E-state index in [-0.39, 0.29) is 24.0 Å². The second-order valence-electron chi connectivity index (χ2n) is 8.26. The number of nitrogens with one attached hydrogen (secondary N) is 2. The molecule has 7 nitrogen and oxygen atoms in total. The van der Waals surface area contributed by atoms with E-state index in [2.05, 4.69) is 15.6 Å². The third-order valence-corrected chi connectivity index (χ3v) is 6.56. The Labute approximate surface area is 217 Å². The molecule has 0 atom stereocenters. The van der Waals surface area contributed by atoms with Gasteiger partial charge in [-0.2, -0.15) is 13.2 Å². The van der Waals surface area contributed by atoms with Gasteiger partial charge in [0.05, 0.1) is 37.3 Å². The number of ether oxygens (including phenoxy) is 2. The van der Waals surface area contributed by atoms with E-state index in [4.69, 9.17) is 9.47 Å². The zero-order valence-corrected chi connectivity index (χ0v) is 21.2. The molecule has 37 heavy (non-hydrogen) atoms. The van der Waals surface area contributed by atoms with Crippen molar-refractivity contribution in [2.45, 2.75) is 17.6 Å². The van der Waals surface area contributed by atoms with E-state index in [1.54, 1.807) is 34.9 Å². The number of carbonyl (C=O) groups is 1. The van der Waals surface area contributed by atoms with E-state index < -0.39 is 11.7 Å². The predicted octanol–water partition coefficient (Wildman–Crippen LogP) is 5.66. The maximum absolute atomic E-state index is 13.7. The standard InChI is InChI=1S/C26H27F3N4O3S/c1-35-23-13-18(25(34)33-8-10-36-11-9-33)6-7-21(23)32-24-14-22(20(16-31-24)26(27,28)29)30-15-17-4-3-5-19(12-17)37-2/h3-7,12-14,16H,8-11,15H2,1-2H3,(H2,30,31,32). The SMILES string of the molecule is COc1cc(C(=O)N2CCOCC2)ccc1Nc1cc(NCc2cccc(SC)c2)c(C(F)(F)F)cn1. The Hall–Kier alpha value is -3.44. The van der Waals surface area contributed by atoms with Crippen molar-refractivity contribution >= 4 is 34.9 Å². The first-order valence-corrected chi connectivity index (χ1v) is 12.8. The first-order valence-electron chi connectivity index (χ1n) is 11.5. The maximum Gasteiger partial charge on any atom is 0.419 e. The molecule has 3 aromatic rings. The Morgan fingerprint density at radius 2 is 1.92 bits per heavy atom. The van der Waals surface area contributed by atoms with Crippen LogP contribution in [0.1, 0.15) is 21.5 Å². The number of carbonyl (C=O) groups excluding carboxylic acids is 1. The number of hydrogen-bond acceptors (Lipinski definition) is 7. The summed E-state index contributed by atoms with van der Waals surface area (Å²) in [5.41, 5.74) is 0.801. The molecule has 0 aliphatic carbocycles. The van der Waals surface area contributed by atoms with E-state index >= 15 is 0 Å². The predicted molar refractivity (Wildman–Crippen MR) is 138 cm³/mol. The number of amides is 1. The van der Waals surface area contributed by atoms with Gasteiger partial charge in [0, 0.05) is 42.4 Å². The summed E-state index contributed by atoms with van der Waals surface area (Å²) in [6.07, 6.45) is -1.84. The lowest BCUT2D eigenvalue weighted by atomic mass is 10.1. The first-order chi connectivity index (χ1) is 17.8. The number of anilines is 3. The fraction of sp³-hybridized carbons (Fsp3) is 0.308. The molecule has 1 fully saturated rings. The summed E-state index contributed by atoms with van der Waals surface area (Å²) in [4.78, 5) is 19.5. The van der Waals surface area contributed by atoms with Crippen molar-refractivity contribution in [1.82, 2.24) is 9.88 Å². The van der Waals surface area contributed by atoms with E-state index in [9.17, 15) is 18.0 Å². The third-order valence-electron chi connectivity index (χ3n) is 5.84. The Morgan fingerprint density at radius 1 is 1.14 bits per heavy atom. The topological polar surface area (TPSA) is 75.7 Å². The number of benzene rings is 2. The number of aromatic nitrogens is 1. The van der Waals surface area contributed by atoms with E-state index in [1.165, 1.54) is 13.2 Å². The van der Waals surface area contributed by atoms with Gasteiger partial charge in [0.2, 0.25) is 0 Å². The van der Waals surface area contributed by atoms with Crippen LogP contribution in [0.25, 0.3) is 0 Å². The van der Waals surface area contributed by atoms with Crippen LogP contribution in [0, 0.1) is 0 Å². The zero-order chi connectivity index (χ0) is 26.4. The number of rotatable bonds is 8. The normalized spacial score (nSPS) is 13.8. The Kier molecular flexibility index (Phi) is 8.45. The Bertz CT molecular complexity index is 1250. The molecule has 0 radical (unpaired) electrons. The van der Waals surface area contributed by atoms with Gasteiger partial charge in [-0.25, -0.2) is 4.98 Å². The second kappa shape index (κ2) is 11.7. The minimum absolute atomic E-state index is 0.0994. The minimum Gasteiger partial charge on any atom is -0.495 e. The van der Waals surface area contributed by atoms with Gasteiger partial charge in [-0.1, -0.05) is 12.1 Å². The molecule has 11 heteroatoms. The van der Waals surface area contributed by atoms with Gasteiger partial charge >= 0.3 is 6.18 Å². The quantitative estimate of drug-likeness (QED) is 0.363. The van der Waals surface area contributed by atoms with Gasteiger partial charge in [-0.3, -0.25) is 4.79 Å². The molecular formula is C26H27F3N4O3S. The number of morpholine rings is 1. The van der Waals surface area contributed by atoms with Gasteiger partial charge in [0.25, 0.3) is 5.91 Å². The molecule has 0 unspecified atom stereocenters. The first kappa shape index (κ1) is 26.6. The molecule has 0 bridgehead atoms. The highest BCUT2D eigenvalue weighted by Crippen LogP contribution is 2.37. The molecule has 4 rings (SSSR count). The number of pyridine rings is 1. The lowest BCUT2D eigenvalue weighted by Gasteiger charge is -2.27. The largest absolute Gasteiger partial charge is 0.495 e. The van der Waals surface area contributed by atoms with Crippen molar-refractivity contribution in [2.75, 3.05) is 50.3 Å². The Balaban J connectivity index is 1.56. The highest BCUT2D eigenvalue weighted by Gasteiger charge is 2.34. The number of halogens is 3. The van der Waals surface area contributed by atoms with Gasteiger partial charge < -0.3 is 25.0 Å². The van der Waals surface area contributed by atoms with Crippen LogP contribution in [0.3, 0.4) is 0 Å². The average Bonchev–Trinajstić information content (AvgIpc) is 2.91. The van der Waals surface area contributed by atoms with E-state index in [0.717, 1.165) is 16.7 Å². The van der Waals surface area contributed by atoms with Gasteiger partial charge in [-0.15, -0.1) is 11.8 Å². The lowest BCUT2D eigenvalue weighted by Crippen LogP contribution is -2.40. The summed E-state index contributed by atoms with van der Waals surface area (Å²) in [5.74, 6) is 0.418. The highest BCUT2D eigenvalue weighted by atomic mass is 32.2. The fourth-order valence-electron chi connectivity index (χ4n) is 3.89. The van der Waals surface area contributed by atoms with Crippen LogP contribution in [0.2, 0.25) is 0 Å². The van der Waals surface area contributed by atoms with Crippen molar-refractivity contribution in [3.63, 3.8) is 0 Å². The summed E-state index contributed by atoms with van der Waals surface area (Å²) in [5, 5.41) is 5.91. The van der Waals surface area contributed by atoms with Crippen molar-refractivity contribution in [3.05, 3.63) is 71.4 Å². The monoisotopic (exact) mass is 532 g/mol. The van der Waals surface area contributed by atoms with Crippen molar-refractivity contribution in [1.29, 1.82) is 0 Å². The summed E-state index contributed by atoms with van der Waals surface area (Å²) >= 11 is 1.56. The minimum atomic E-state index is -4.58. The molecule has 2 heterocycles. The molecule has 1 aliphatic heterocycles. The lowest BCUT2D eigenvalue weighted by molar-refractivity contribution is -0.137. The molecule has 2 aromatic carbocycles. The molecule has 0 spiro atoms. The molecule has 0 saturated carbocycles. The van der Waals surface area contributed by atoms with E-state index in [0.29, 0.717) is 43.3 Å². The molecule has 1 aliphatic rings. The number of hydrogen-bond donors (Lipinski definition) is 2. The molecule has 1 saturated heterocycles. The van der Waals surface area contributed by atoms with E-state index in [1.807, 2.05) is 30.5 Å². The summed E-state index contributed by atoms with van der Waals surface area (Å²) < 4.78 is 51.8. The van der Waals surface area contributed by atoms with Gasteiger partial charge in [-0.05, 0) is 42.2 Å². The number of alkyl halides is 3. The molecule has 196 valence electrons. The van der Waals surface area contributed by atoms with Crippen LogP contribution in [-0.4, -0.2) is 55.5 Å². The molecule has 1 aromatic heterocycles. The molecule has 1 amide bonds.